The van der Waals surface area contributed by atoms with Crippen LogP contribution in [0.2, 0.25) is 0 Å². The first-order valence-electron chi connectivity index (χ1n) is 7.93. The molecular weight excluding hydrogens is 389 g/mol. The molecule has 0 saturated heterocycles. The quantitative estimate of drug-likeness (QED) is 0.264. The summed E-state index contributed by atoms with van der Waals surface area (Å²) in [7, 11) is 1.81. The number of hydrogen-bond acceptors (Lipinski definition) is 2. The Hall–Kier alpha value is -0.820. The molecule has 0 aromatic heterocycles. The number of halogens is 1. The van der Waals surface area contributed by atoms with E-state index in [1.54, 1.807) is 0 Å². The molecule has 0 saturated carbocycles. The maximum Gasteiger partial charge on any atom is 0.190 e. The first-order chi connectivity index (χ1) is 10.4. The number of aliphatic imine (C=N–C) groups is 1. The van der Waals surface area contributed by atoms with E-state index in [1.807, 2.05) is 25.2 Å². The van der Waals surface area contributed by atoms with E-state index in [0.717, 1.165) is 38.5 Å². The second-order valence-corrected chi connectivity index (χ2v) is 5.02. The second kappa shape index (κ2) is 15.1. The summed E-state index contributed by atoms with van der Waals surface area (Å²) in [4.78, 5) is 4.20. The van der Waals surface area contributed by atoms with Gasteiger partial charge >= 0.3 is 0 Å². The first-order valence-corrected chi connectivity index (χ1v) is 7.93. The van der Waals surface area contributed by atoms with Crippen molar-refractivity contribution in [3.8, 4) is 0 Å². The van der Waals surface area contributed by atoms with E-state index in [4.69, 9.17) is 4.74 Å². The second-order valence-electron chi connectivity index (χ2n) is 5.02. The molecule has 0 heterocycles. The fourth-order valence-corrected chi connectivity index (χ4v) is 1.90. The number of guanidine groups is 1. The van der Waals surface area contributed by atoms with E-state index < -0.39 is 0 Å². The molecular formula is C17H30IN3O. The van der Waals surface area contributed by atoms with Gasteiger partial charge in [0.2, 0.25) is 0 Å². The first kappa shape index (κ1) is 21.2. The molecule has 0 unspecified atom stereocenters. The Morgan fingerprint density at radius 1 is 1.05 bits per heavy atom. The summed E-state index contributed by atoms with van der Waals surface area (Å²) in [6.45, 7) is 5.61. The summed E-state index contributed by atoms with van der Waals surface area (Å²) in [6, 6.07) is 10.3. The lowest BCUT2D eigenvalue weighted by Crippen LogP contribution is -2.38. The zero-order valence-electron chi connectivity index (χ0n) is 13.8. The van der Waals surface area contributed by atoms with Gasteiger partial charge in [-0.1, -0.05) is 43.7 Å². The summed E-state index contributed by atoms with van der Waals surface area (Å²) in [5.41, 5.74) is 1.23. The van der Waals surface area contributed by atoms with Crippen molar-refractivity contribution < 1.29 is 4.74 Å². The molecule has 1 aromatic carbocycles. The van der Waals surface area contributed by atoms with Gasteiger partial charge in [0.15, 0.2) is 5.96 Å². The predicted octanol–water partition coefficient (Wildman–Crippen LogP) is 3.57. The van der Waals surface area contributed by atoms with Crippen molar-refractivity contribution in [3.63, 3.8) is 0 Å². The predicted molar refractivity (Wildman–Crippen MR) is 105 cm³/mol. The minimum Gasteiger partial charge on any atom is -0.377 e. The zero-order valence-corrected chi connectivity index (χ0v) is 16.1. The minimum atomic E-state index is 0. The highest BCUT2D eigenvalue weighted by Crippen LogP contribution is 2.01. The summed E-state index contributed by atoms with van der Waals surface area (Å²) in [5, 5.41) is 6.62. The lowest BCUT2D eigenvalue weighted by atomic mass is 10.2. The number of unbranched alkanes of at least 4 members (excludes halogenated alkanes) is 2. The minimum absolute atomic E-state index is 0. The highest BCUT2D eigenvalue weighted by atomic mass is 127. The number of hydrogen-bond donors (Lipinski definition) is 2. The average Bonchev–Trinajstić information content (AvgIpc) is 2.53. The molecule has 5 heteroatoms. The average molecular weight is 419 g/mol. The Morgan fingerprint density at radius 2 is 1.73 bits per heavy atom. The van der Waals surface area contributed by atoms with Gasteiger partial charge in [-0.15, -0.1) is 24.0 Å². The van der Waals surface area contributed by atoms with Gasteiger partial charge in [0.25, 0.3) is 0 Å². The molecule has 0 aliphatic heterocycles. The van der Waals surface area contributed by atoms with Gasteiger partial charge in [0.1, 0.15) is 0 Å². The van der Waals surface area contributed by atoms with Crippen LogP contribution in [0.15, 0.2) is 35.3 Å². The van der Waals surface area contributed by atoms with Gasteiger partial charge < -0.3 is 15.4 Å². The van der Waals surface area contributed by atoms with Gasteiger partial charge in [0.05, 0.1) is 6.61 Å². The molecule has 0 aliphatic rings. The topological polar surface area (TPSA) is 45.7 Å². The molecule has 0 spiro atoms. The largest absolute Gasteiger partial charge is 0.377 e. The lowest BCUT2D eigenvalue weighted by Gasteiger charge is -2.11. The van der Waals surface area contributed by atoms with Gasteiger partial charge in [-0.3, -0.25) is 4.99 Å². The Kier molecular flexibility index (Phi) is 14.5. The molecule has 1 rings (SSSR count). The third kappa shape index (κ3) is 10.8. The number of nitrogens with one attached hydrogen (secondary N) is 2. The van der Waals surface area contributed by atoms with Crippen molar-refractivity contribution in [3.05, 3.63) is 35.9 Å². The lowest BCUT2D eigenvalue weighted by molar-refractivity contribution is 0.117. The maximum atomic E-state index is 5.66. The van der Waals surface area contributed by atoms with Crippen LogP contribution < -0.4 is 10.6 Å². The van der Waals surface area contributed by atoms with Crippen LogP contribution in [-0.4, -0.2) is 32.7 Å². The van der Waals surface area contributed by atoms with Gasteiger partial charge in [-0.2, -0.15) is 0 Å². The summed E-state index contributed by atoms with van der Waals surface area (Å²) in [6.07, 6.45) is 4.52. The highest BCUT2D eigenvalue weighted by molar-refractivity contribution is 14.0. The molecule has 2 N–H and O–H groups in total. The Balaban J connectivity index is 0.00000441. The Labute approximate surface area is 152 Å². The zero-order chi connectivity index (χ0) is 15.2. The van der Waals surface area contributed by atoms with Crippen LogP contribution in [0.25, 0.3) is 0 Å². The SMILES string of the molecule is CCCCNC(=NC)NCCCCOCc1ccccc1.I. The van der Waals surface area contributed by atoms with Crippen molar-refractivity contribution in [2.24, 2.45) is 4.99 Å². The fourth-order valence-electron chi connectivity index (χ4n) is 1.90. The molecule has 22 heavy (non-hydrogen) atoms. The third-order valence-electron chi connectivity index (χ3n) is 3.17. The van der Waals surface area contributed by atoms with E-state index >= 15 is 0 Å². The number of ether oxygens (including phenoxy) is 1. The van der Waals surface area contributed by atoms with Gasteiger partial charge in [-0.25, -0.2) is 0 Å². The molecule has 0 aliphatic carbocycles. The van der Waals surface area contributed by atoms with E-state index in [2.05, 4.69) is 34.7 Å². The fraction of sp³-hybridized carbons (Fsp3) is 0.588. The van der Waals surface area contributed by atoms with Crippen LogP contribution in [0.3, 0.4) is 0 Å². The van der Waals surface area contributed by atoms with Crippen LogP contribution in [-0.2, 0) is 11.3 Å². The Morgan fingerprint density at radius 3 is 2.36 bits per heavy atom. The maximum absolute atomic E-state index is 5.66. The van der Waals surface area contributed by atoms with Crippen LogP contribution in [0.5, 0.6) is 0 Å². The Bertz CT molecular complexity index is 385. The van der Waals surface area contributed by atoms with Crippen molar-refractivity contribution in [1.82, 2.24) is 10.6 Å². The molecule has 1 aromatic rings. The van der Waals surface area contributed by atoms with Crippen molar-refractivity contribution in [1.29, 1.82) is 0 Å². The molecule has 0 amide bonds. The molecule has 126 valence electrons. The molecule has 4 nitrogen and oxygen atoms in total. The van der Waals surface area contributed by atoms with E-state index in [-0.39, 0.29) is 24.0 Å². The summed E-state index contributed by atoms with van der Waals surface area (Å²) in [5.74, 6) is 0.897. The normalized spacial score (nSPS) is 10.9. The van der Waals surface area contributed by atoms with E-state index in [9.17, 15) is 0 Å². The van der Waals surface area contributed by atoms with Gasteiger partial charge in [-0.05, 0) is 24.8 Å². The van der Waals surface area contributed by atoms with Crippen LogP contribution in [0.1, 0.15) is 38.2 Å². The number of rotatable bonds is 10. The van der Waals surface area contributed by atoms with Crippen LogP contribution in [0.4, 0.5) is 0 Å². The monoisotopic (exact) mass is 419 g/mol. The summed E-state index contributed by atoms with van der Waals surface area (Å²) >= 11 is 0. The van der Waals surface area contributed by atoms with Crippen LogP contribution >= 0.6 is 24.0 Å². The van der Waals surface area contributed by atoms with Gasteiger partial charge in [0, 0.05) is 26.7 Å². The number of nitrogens with zero attached hydrogens (tertiary/aromatic N) is 1. The molecule has 0 atom stereocenters. The molecule has 0 fully saturated rings. The standard InChI is InChI=1S/C17H29N3O.HI/c1-3-4-12-19-17(18-2)20-13-8-9-14-21-15-16-10-6-5-7-11-16;/h5-7,10-11H,3-4,8-9,12-15H2,1-2H3,(H2,18,19,20);1H. The summed E-state index contributed by atoms with van der Waals surface area (Å²) < 4.78 is 5.66. The molecule has 0 radical (unpaired) electrons. The highest BCUT2D eigenvalue weighted by Gasteiger charge is 1.96. The number of benzene rings is 1. The van der Waals surface area contributed by atoms with Crippen LogP contribution in [0, 0.1) is 0 Å². The van der Waals surface area contributed by atoms with E-state index in [1.165, 1.54) is 18.4 Å². The van der Waals surface area contributed by atoms with E-state index in [0.29, 0.717) is 6.61 Å². The van der Waals surface area contributed by atoms with Crippen molar-refractivity contribution >= 4 is 29.9 Å². The smallest absolute Gasteiger partial charge is 0.190 e. The van der Waals surface area contributed by atoms with Crippen molar-refractivity contribution in [2.45, 2.75) is 39.2 Å². The third-order valence-corrected chi connectivity index (χ3v) is 3.17. The molecule has 0 bridgehead atoms. The van der Waals surface area contributed by atoms with Crippen molar-refractivity contribution in [2.75, 3.05) is 26.7 Å².